The molecule has 0 saturated heterocycles. The lowest BCUT2D eigenvalue weighted by Gasteiger charge is -2.08. The Morgan fingerprint density at radius 2 is 1.82 bits per heavy atom. The number of unbranched alkanes of at least 4 members (excludes halogenated alkanes) is 2. The Balaban J connectivity index is 2.08. The van der Waals surface area contributed by atoms with E-state index in [1.54, 1.807) is 12.1 Å². The topological polar surface area (TPSA) is 52.4 Å². The lowest BCUT2D eigenvalue weighted by atomic mass is 10.1. The maximum atomic E-state index is 11.2. The molecule has 0 amide bonds. The highest BCUT2D eigenvalue weighted by Crippen LogP contribution is 2.29. The van der Waals surface area contributed by atoms with Gasteiger partial charge in [0.05, 0.1) is 4.92 Å². The SMILES string of the molecule is CCCCCc1ccc(OCc2ccccc2)c([N+](=O)[O-])c1. The first kappa shape index (κ1) is 16.0. The zero-order valence-electron chi connectivity index (χ0n) is 12.8. The van der Waals surface area contributed by atoms with E-state index in [-0.39, 0.29) is 10.6 Å². The summed E-state index contributed by atoms with van der Waals surface area (Å²) in [6.45, 7) is 2.47. The van der Waals surface area contributed by atoms with Crippen molar-refractivity contribution in [3.8, 4) is 5.75 Å². The molecule has 0 aliphatic rings. The van der Waals surface area contributed by atoms with Gasteiger partial charge in [0, 0.05) is 6.07 Å². The number of nitrogens with zero attached hydrogens (tertiary/aromatic N) is 1. The Bertz CT molecular complexity index is 611. The summed E-state index contributed by atoms with van der Waals surface area (Å²) in [5.41, 5.74) is 2.03. The third-order valence-electron chi connectivity index (χ3n) is 3.53. The number of aryl methyl sites for hydroxylation is 1. The van der Waals surface area contributed by atoms with Gasteiger partial charge in [0.25, 0.3) is 0 Å². The van der Waals surface area contributed by atoms with Crippen molar-refractivity contribution < 1.29 is 9.66 Å². The highest BCUT2D eigenvalue weighted by Gasteiger charge is 2.16. The van der Waals surface area contributed by atoms with Gasteiger partial charge in [0.15, 0.2) is 5.75 Å². The minimum atomic E-state index is -0.371. The second-order valence-corrected chi connectivity index (χ2v) is 5.29. The van der Waals surface area contributed by atoms with Crippen molar-refractivity contribution in [3.63, 3.8) is 0 Å². The molecule has 0 aliphatic heterocycles. The molecule has 4 heteroatoms. The minimum absolute atomic E-state index is 0.0462. The first-order valence-electron chi connectivity index (χ1n) is 7.64. The van der Waals surface area contributed by atoms with Crippen molar-refractivity contribution in [2.45, 2.75) is 39.2 Å². The van der Waals surface area contributed by atoms with Crippen molar-refractivity contribution >= 4 is 5.69 Å². The number of nitro groups is 1. The fourth-order valence-corrected chi connectivity index (χ4v) is 2.30. The number of hydrogen-bond donors (Lipinski definition) is 0. The predicted octanol–water partition coefficient (Wildman–Crippen LogP) is 4.91. The monoisotopic (exact) mass is 299 g/mol. The molecule has 0 aliphatic carbocycles. The molecule has 0 unspecified atom stereocenters. The lowest BCUT2D eigenvalue weighted by Crippen LogP contribution is -2.00. The summed E-state index contributed by atoms with van der Waals surface area (Å²) in [6, 6.07) is 14.9. The van der Waals surface area contributed by atoms with Crippen molar-refractivity contribution in [3.05, 3.63) is 69.8 Å². The third kappa shape index (κ3) is 4.58. The fraction of sp³-hybridized carbons (Fsp3) is 0.333. The zero-order chi connectivity index (χ0) is 15.8. The van der Waals surface area contributed by atoms with Gasteiger partial charge in [0.2, 0.25) is 0 Å². The number of ether oxygens (including phenoxy) is 1. The second kappa shape index (κ2) is 8.17. The molecular weight excluding hydrogens is 278 g/mol. The molecule has 0 aromatic heterocycles. The quantitative estimate of drug-likeness (QED) is 0.395. The second-order valence-electron chi connectivity index (χ2n) is 5.29. The van der Waals surface area contributed by atoms with Crippen LogP contribution in [0.15, 0.2) is 48.5 Å². The smallest absolute Gasteiger partial charge is 0.311 e. The maximum absolute atomic E-state index is 11.2. The minimum Gasteiger partial charge on any atom is -0.482 e. The molecule has 4 nitrogen and oxygen atoms in total. The molecule has 0 atom stereocenters. The van der Waals surface area contributed by atoms with Gasteiger partial charge < -0.3 is 4.74 Å². The fourth-order valence-electron chi connectivity index (χ4n) is 2.30. The van der Waals surface area contributed by atoms with E-state index in [9.17, 15) is 10.1 Å². The van der Waals surface area contributed by atoms with E-state index in [4.69, 9.17) is 4.74 Å². The van der Waals surface area contributed by atoms with E-state index in [0.717, 1.165) is 36.8 Å². The Morgan fingerprint density at radius 1 is 1.05 bits per heavy atom. The summed E-state index contributed by atoms with van der Waals surface area (Å²) in [6.07, 6.45) is 4.20. The van der Waals surface area contributed by atoms with Crippen LogP contribution in [0.4, 0.5) is 5.69 Å². The molecule has 0 N–H and O–H groups in total. The molecule has 0 radical (unpaired) electrons. The van der Waals surface area contributed by atoms with Crippen LogP contribution in [-0.4, -0.2) is 4.92 Å². The van der Waals surface area contributed by atoms with Crippen LogP contribution in [0.25, 0.3) is 0 Å². The highest BCUT2D eigenvalue weighted by atomic mass is 16.6. The van der Waals surface area contributed by atoms with Crippen molar-refractivity contribution in [2.75, 3.05) is 0 Å². The number of rotatable bonds is 8. The predicted molar refractivity (Wildman–Crippen MR) is 87.1 cm³/mol. The Labute approximate surface area is 130 Å². The average molecular weight is 299 g/mol. The van der Waals surface area contributed by atoms with Gasteiger partial charge in [-0.15, -0.1) is 0 Å². The molecule has 0 saturated carbocycles. The van der Waals surface area contributed by atoms with Crippen LogP contribution in [0.3, 0.4) is 0 Å². The van der Waals surface area contributed by atoms with Gasteiger partial charge >= 0.3 is 5.69 Å². The summed E-state index contributed by atoms with van der Waals surface area (Å²) >= 11 is 0. The normalized spacial score (nSPS) is 10.4. The van der Waals surface area contributed by atoms with E-state index in [1.807, 2.05) is 36.4 Å². The first-order valence-corrected chi connectivity index (χ1v) is 7.64. The molecule has 2 aromatic rings. The molecular formula is C18H21NO3. The van der Waals surface area contributed by atoms with E-state index < -0.39 is 0 Å². The Kier molecular flexibility index (Phi) is 5.95. The van der Waals surface area contributed by atoms with Crippen molar-refractivity contribution in [2.24, 2.45) is 0 Å². The van der Waals surface area contributed by atoms with Gasteiger partial charge in [-0.1, -0.05) is 56.2 Å². The van der Waals surface area contributed by atoms with Crippen LogP contribution in [0.2, 0.25) is 0 Å². The Morgan fingerprint density at radius 3 is 2.50 bits per heavy atom. The first-order chi connectivity index (χ1) is 10.7. The van der Waals surface area contributed by atoms with Crippen LogP contribution in [0.5, 0.6) is 5.75 Å². The van der Waals surface area contributed by atoms with E-state index in [2.05, 4.69) is 6.92 Å². The molecule has 2 aromatic carbocycles. The largest absolute Gasteiger partial charge is 0.482 e. The molecule has 0 spiro atoms. The van der Waals surface area contributed by atoms with Crippen LogP contribution in [-0.2, 0) is 13.0 Å². The van der Waals surface area contributed by atoms with Gasteiger partial charge in [0.1, 0.15) is 6.61 Å². The van der Waals surface area contributed by atoms with Crippen LogP contribution in [0, 0.1) is 10.1 Å². The summed E-state index contributed by atoms with van der Waals surface area (Å²) in [4.78, 5) is 10.9. The molecule has 22 heavy (non-hydrogen) atoms. The van der Waals surface area contributed by atoms with Crippen LogP contribution in [0.1, 0.15) is 37.3 Å². The molecule has 2 rings (SSSR count). The number of hydrogen-bond acceptors (Lipinski definition) is 3. The summed E-state index contributed by atoms with van der Waals surface area (Å²) in [7, 11) is 0. The molecule has 0 heterocycles. The van der Waals surface area contributed by atoms with Gasteiger partial charge in [-0.05, 0) is 30.0 Å². The standard InChI is InChI=1S/C18H21NO3/c1-2-3-5-8-15-11-12-18(17(13-15)19(20)21)22-14-16-9-6-4-7-10-16/h4,6-7,9-13H,2-3,5,8,14H2,1H3. The van der Waals surface area contributed by atoms with E-state index in [1.165, 1.54) is 0 Å². The number of benzene rings is 2. The van der Waals surface area contributed by atoms with E-state index >= 15 is 0 Å². The molecule has 116 valence electrons. The lowest BCUT2D eigenvalue weighted by molar-refractivity contribution is -0.386. The zero-order valence-corrected chi connectivity index (χ0v) is 12.8. The van der Waals surface area contributed by atoms with Crippen LogP contribution < -0.4 is 4.74 Å². The Hall–Kier alpha value is -2.36. The van der Waals surface area contributed by atoms with E-state index in [0.29, 0.717) is 12.4 Å². The van der Waals surface area contributed by atoms with Crippen LogP contribution >= 0.6 is 0 Å². The highest BCUT2D eigenvalue weighted by molar-refractivity contribution is 5.48. The molecule has 0 fully saturated rings. The average Bonchev–Trinajstić information content (AvgIpc) is 2.54. The number of nitro benzene ring substituents is 1. The third-order valence-corrected chi connectivity index (χ3v) is 3.53. The summed E-state index contributed by atoms with van der Waals surface area (Å²) in [5, 5.41) is 11.2. The van der Waals surface area contributed by atoms with Gasteiger partial charge in [-0.2, -0.15) is 0 Å². The molecule has 0 bridgehead atoms. The van der Waals surface area contributed by atoms with Crippen molar-refractivity contribution in [1.29, 1.82) is 0 Å². The summed E-state index contributed by atoms with van der Waals surface area (Å²) < 4.78 is 5.62. The van der Waals surface area contributed by atoms with Crippen molar-refractivity contribution in [1.82, 2.24) is 0 Å². The summed E-state index contributed by atoms with van der Waals surface area (Å²) in [5.74, 6) is 0.327. The van der Waals surface area contributed by atoms with Gasteiger partial charge in [-0.25, -0.2) is 0 Å². The van der Waals surface area contributed by atoms with Gasteiger partial charge in [-0.3, -0.25) is 10.1 Å². The maximum Gasteiger partial charge on any atom is 0.311 e.